The van der Waals surface area contributed by atoms with Gasteiger partial charge in [-0.15, -0.1) is 0 Å². The Morgan fingerprint density at radius 3 is 2.76 bits per heavy atom. The number of carbonyl (C=O) groups excluding carboxylic acids is 1. The van der Waals surface area contributed by atoms with E-state index in [-0.39, 0.29) is 11.9 Å². The molecule has 1 heterocycles. The van der Waals surface area contributed by atoms with E-state index in [1.165, 1.54) is 6.42 Å². The highest BCUT2D eigenvalue weighted by molar-refractivity contribution is 5.81. The molecule has 0 aliphatic carbocycles. The molecule has 0 aromatic carbocycles. The van der Waals surface area contributed by atoms with Gasteiger partial charge in [0.15, 0.2) is 0 Å². The predicted molar refractivity (Wildman–Crippen MR) is 70.7 cm³/mol. The molecule has 1 aliphatic heterocycles. The quantitative estimate of drug-likeness (QED) is 0.724. The fourth-order valence-corrected chi connectivity index (χ4v) is 2.30. The second kappa shape index (κ2) is 6.97. The molecule has 0 saturated carbocycles. The minimum atomic E-state index is -0.00322. The van der Waals surface area contributed by atoms with Crippen LogP contribution in [0, 0.1) is 11.8 Å². The minimum absolute atomic E-state index is 0.00322. The number of rotatable bonds is 6. The van der Waals surface area contributed by atoms with Crippen molar-refractivity contribution in [3.05, 3.63) is 0 Å². The number of hydrogen-bond donors (Lipinski definition) is 2. The Bertz CT molecular complexity index is 243. The average Bonchev–Trinajstić information content (AvgIpc) is 2.74. The topological polar surface area (TPSA) is 58.4 Å². The first-order valence-electron chi connectivity index (χ1n) is 6.76. The van der Waals surface area contributed by atoms with E-state index in [1.54, 1.807) is 0 Å². The van der Waals surface area contributed by atoms with E-state index in [1.807, 2.05) is 6.92 Å². The standard InChI is InChI=1S/C13H27N3O/c1-10(2)8-15-13(17)11(3)16-7-5-12(9-16)4-6-14/h10-12H,4-9,14H2,1-3H3,(H,15,17). The molecule has 4 nitrogen and oxygen atoms in total. The van der Waals surface area contributed by atoms with Crippen molar-refractivity contribution >= 4 is 5.91 Å². The molecule has 1 fully saturated rings. The third-order valence-corrected chi connectivity index (χ3v) is 3.50. The van der Waals surface area contributed by atoms with Crippen molar-refractivity contribution in [2.75, 3.05) is 26.2 Å². The summed E-state index contributed by atoms with van der Waals surface area (Å²) in [6.45, 7) is 9.79. The SMILES string of the molecule is CC(C)CNC(=O)C(C)N1CCC(CCN)C1. The second-order valence-electron chi connectivity index (χ2n) is 5.54. The van der Waals surface area contributed by atoms with Crippen molar-refractivity contribution in [3.8, 4) is 0 Å². The van der Waals surface area contributed by atoms with Gasteiger partial charge in [0.25, 0.3) is 0 Å². The lowest BCUT2D eigenvalue weighted by molar-refractivity contribution is -0.125. The molecule has 2 unspecified atom stereocenters. The van der Waals surface area contributed by atoms with Gasteiger partial charge in [-0.05, 0) is 44.7 Å². The summed E-state index contributed by atoms with van der Waals surface area (Å²) in [5.41, 5.74) is 5.57. The Hall–Kier alpha value is -0.610. The molecule has 4 heteroatoms. The van der Waals surface area contributed by atoms with E-state index < -0.39 is 0 Å². The first kappa shape index (κ1) is 14.5. The van der Waals surface area contributed by atoms with E-state index in [2.05, 4.69) is 24.1 Å². The van der Waals surface area contributed by atoms with Crippen LogP contribution in [0.2, 0.25) is 0 Å². The summed E-state index contributed by atoms with van der Waals surface area (Å²) >= 11 is 0. The number of nitrogens with one attached hydrogen (secondary N) is 1. The molecule has 3 N–H and O–H groups in total. The fourth-order valence-electron chi connectivity index (χ4n) is 2.30. The maximum absolute atomic E-state index is 11.9. The summed E-state index contributed by atoms with van der Waals surface area (Å²) in [6, 6.07) is -0.00322. The molecule has 0 bridgehead atoms. The molecule has 100 valence electrons. The lowest BCUT2D eigenvalue weighted by atomic mass is 10.1. The van der Waals surface area contributed by atoms with Crippen LogP contribution in [-0.4, -0.2) is 43.0 Å². The number of hydrogen-bond acceptors (Lipinski definition) is 3. The monoisotopic (exact) mass is 241 g/mol. The first-order valence-corrected chi connectivity index (χ1v) is 6.76. The van der Waals surface area contributed by atoms with Gasteiger partial charge in [-0.2, -0.15) is 0 Å². The molecule has 2 atom stereocenters. The van der Waals surface area contributed by atoms with Crippen LogP contribution in [-0.2, 0) is 4.79 Å². The summed E-state index contributed by atoms with van der Waals surface area (Å²) < 4.78 is 0. The molecule has 1 saturated heterocycles. The van der Waals surface area contributed by atoms with Crippen LogP contribution in [0.15, 0.2) is 0 Å². The van der Waals surface area contributed by atoms with Gasteiger partial charge in [-0.3, -0.25) is 9.69 Å². The Morgan fingerprint density at radius 1 is 1.47 bits per heavy atom. The van der Waals surface area contributed by atoms with Gasteiger partial charge in [0.2, 0.25) is 5.91 Å². The van der Waals surface area contributed by atoms with E-state index >= 15 is 0 Å². The van der Waals surface area contributed by atoms with Gasteiger partial charge in [-0.25, -0.2) is 0 Å². The average molecular weight is 241 g/mol. The zero-order valence-corrected chi connectivity index (χ0v) is 11.4. The first-order chi connectivity index (χ1) is 8.04. The Balaban J connectivity index is 2.32. The van der Waals surface area contributed by atoms with E-state index in [0.717, 1.165) is 32.6 Å². The van der Waals surface area contributed by atoms with Crippen molar-refractivity contribution in [2.45, 2.75) is 39.7 Å². The maximum Gasteiger partial charge on any atom is 0.237 e. The fraction of sp³-hybridized carbons (Fsp3) is 0.923. The molecule has 1 amide bonds. The van der Waals surface area contributed by atoms with Gasteiger partial charge in [0.05, 0.1) is 6.04 Å². The smallest absolute Gasteiger partial charge is 0.237 e. The normalized spacial score (nSPS) is 23.0. The van der Waals surface area contributed by atoms with Crippen LogP contribution in [0.25, 0.3) is 0 Å². The van der Waals surface area contributed by atoms with Crippen LogP contribution in [0.4, 0.5) is 0 Å². The lowest BCUT2D eigenvalue weighted by Gasteiger charge is -2.24. The van der Waals surface area contributed by atoms with Gasteiger partial charge in [0, 0.05) is 13.1 Å². The number of nitrogens with two attached hydrogens (primary N) is 1. The number of amides is 1. The zero-order valence-electron chi connectivity index (χ0n) is 11.4. The van der Waals surface area contributed by atoms with Crippen LogP contribution in [0.5, 0.6) is 0 Å². The van der Waals surface area contributed by atoms with Gasteiger partial charge in [0.1, 0.15) is 0 Å². The molecule has 0 radical (unpaired) electrons. The third kappa shape index (κ3) is 4.64. The predicted octanol–water partition coefficient (Wildman–Crippen LogP) is 0.818. The third-order valence-electron chi connectivity index (χ3n) is 3.50. The van der Waals surface area contributed by atoms with Gasteiger partial charge >= 0.3 is 0 Å². The van der Waals surface area contributed by atoms with Crippen molar-refractivity contribution < 1.29 is 4.79 Å². The molecular formula is C13H27N3O. The van der Waals surface area contributed by atoms with Crippen LogP contribution in [0.1, 0.15) is 33.6 Å². The number of carbonyl (C=O) groups is 1. The van der Waals surface area contributed by atoms with Crippen LogP contribution >= 0.6 is 0 Å². The summed E-state index contributed by atoms with van der Waals surface area (Å²) in [7, 11) is 0. The molecule has 0 aromatic rings. The summed E-state index contributed by atoms with van der Waals surface area (Å²) in [5.74, 6) is 1.35. The Morgan fingerprint density at radius 2 is 2.18 bits per heavy atom. The summed E-state index contributed by atoms with van der Waals surface area (Å²) in [4.78, 5) is 14.2. The molecule has 17 heavy (non-hydrogen) atoms. The van der Waals surface area contributed by atoms with Crippen LogP contribution < -0.4 is 11.1 Å². The van der Waals surface area contributed by atoms with E-state index in [0.29, 0.717) is 11.8 Å². The van der Waals surface area contributed by atoms with Crippen molar-refractivity contribution in [1.82, 2.24) is 10.2 Å². The number of nitrogens with zero attached hydrogens (tertiary/aromatic N) is 1. The molecule has 0 aromatic heterocycles. The largest absolute Gasteiger partial charge is 0.354 e. The molecule has 1 rings (SSSR count). The summed E-state index contributed by atoms with van der Waals surface area (Å²) in [5, 5.41) is 3.00. The zero-order chi connectivity index (χ0) is 12.8. The second-order valence-corrected chi connectivity index (χ2v) is 5.54. The Labute approximate surface area is 105 Å². The van der Waals surface area contributed by atoms with E-state index in [4.69, 9.17) is 5.73 Å². The van der Waals surface area contributed by atoms with Crippen molar-refractivity contribution in [2.24, 2.45) is 17.6 Å². The maximum atomic E-state index is 11.9. The van der Waals surface area contributed by atoms with Crippen molar-refractivity contribution in [3.63, 3.8) is 0 Å². The highest BCUT2D eigenvalue weighted by Crippen LogP contribution is 2.20. The molecular weight excluding hydrogens is 214 g/mol. The Kier molecular flexibility index (Phi) is 5.92. The van der Waals surface area contributed by atoms with Crippen molar-refractivity contribution in [1.29, 1.82) is 0 Å². The summed E-state index contributed by atoms with van der Waals surface area (Å²) in [6.07, 6.45) is 2.26. The lowest BCUT2D eigenvalue weighted by Crippen LogP contribution is -2.45. The van der Waals surface area contributed by atoms with Crippen LogP contribution in [0.3, 0.4) is 0 Å². The highest BCUT2D eigenvalue weighted by atomic mass is 16.2. The minimum Gasteiger partial charge on any atom is -0.354 e. The highest BCUT2D eigenvalue weighted by Gasteiger charge is 2.28. The van der Waals surface area contributed by atoms with E-state index in [9.17, 15) is 4.79 Å². The van der Waals surface area contributed by atoms with Gasteiger partial charge < -0.3 is 11.1 Å². The molecule has 0 spiro atoms. The number of likely N-dealkylation sites (tertiary alicyclic amines) is 1. The molecule has 1 aliphatic rings. The van der Waals surface area contributed by atoms with Gasteiger partial charge in [-0.1, -0.05) is 13.8 Å².